The van der Waals surface area contributed by atoms with Gasteiger partial charge in [0.1, 0.15) is 5.82 Å². The van der Waals surface area contributed by atoms with Crippen LogP contribution in [-0.2, 0) is 4.74 Å². The second kappa shape index (κ2) is 6.08. The Bertz CT molecular complexity index is 317. The third kappa shape index (κ3) is 3.80. The van der Waals surface area contributed by atoms with Gasteiger partial charge in [0.2, 0.25) is 0 Å². The molecule has 1 N–H and O–H groups in total. The second-order valence-electron chi connectivity index (χ2n) is 3.50. The molecule has 1 atom stereocenters. The van der Waals surface area contributed by atoms with Crippen LogP contribution in [0.25, 0.3) is 0 Å². The van der Waals surface area contributed by atoms with Crippen LogP contribution in [0.5, 0.6) is 0 Å². The normalized spacial score (nSPS) is 12.5. The summed E-state index contributed by atoms with van der Waals surface area (Å²) < 4.78 is 6.35. The van der Waals surface area contributed by atoms with Crippen molar-refractivity contribution >= 4 is 21.7 Å². The molecule has 0 aromatic carbocycles. The summed E-state index contributed by atoms with van der Waals surface area (Å²) in [6, 6.07) is 2.23. The van der Waals surface area contributed by atoms with Crippen LogP contribution in [0.4, 0.5) is 5.82 Å². The van der Waals surface area contributed by atoms with E-state index in [0.29, 0.717) is 6.61 Å². The number of anilines is 1. The lowest BCUT2D eigenvalue weighted by atomic mass is 10.3. The molecule has 0 saturated carbocycles. The molecule has 0 spiro atoms. The van der Waals surface area contributed by atoms with E-state index in [4.69, 9.17) is 4.74 Å². The van der Waals surface area contributed by atoms with Crippen LogP contribution >= 0.6 is 15.9 Å². The molecule has 0 aliphatic heterocycles. The average molecular weight is 273 g/mol. The summed E-state index contributed by atoms with van der Waals surface area (Å²) in [7, 11) is 0. The lowest BCUT2D eigenvalue weighted by Crippen LogP contribution is -2.22. The van der Waals surface area contributed by atoms with E-state index in [0.717, 1.165) is 16.9 Å². The molecule has 0 aliphatic carbocycles. The summed E-state index contributed by atoms with van der Waals surface area (Å²) >= 11 is 3.51. The molecular weight excluding hydrogens is 256 g/mol. The van der Waals surface area contributed by atoms with Crippen LogP contribution in [-0.4, -0.2) is 24.2 Å². The molecule has 0 radical (unpaired) electrons. The lowest BCUT2D eigenvalue weighted by Gasteiger charge is -2.15. The zero-order chi connectivity index (χ0) is 11.3. The summed E-state index contributed by atoms with van der Waals surface area (Å²) in [5.41, 5.74) is 1.18. The van der Waals surface area contributed by atoms with Gasteiger partial charge in [0.25, 0.3) is 0 Å². The number of aromatic nitrogens is 1. The smallest absolute Gasteiger partial charge is 0.140 e. The molecule has 4 heteroatoms. The Labute approximate surface area is 99.4 Å². The summed E-state index contributed by atoms with van der Waals surface area (Å²) in [5.74, 6) is 0.877. The number of pyridine rings is 1. The van der Waals surface area contributed by atoms with Crippen LogP contribution in [0, 0.1) is 6.92 Å². The zero-order valence-corrected chi connectivity index (χ0v) is 11.0. The van der Waals surface area contributed by atoms with E-state index in [2.05, 4.69) is 33.2 Å². The highest BCUT2D eigenvalue weighted by molar-refractivity contribution is 9.10. The maximum atomic E-state index is 5.33. The number of nitrogens with one attached hydrogen (secondary N) is 1. The highest BCUT2D eigenvalue weighted by Crippen LogP contribution is 2.23. The SMILES string of the molecule is CCOCC(C)Nc1nccc(C)c1Br. The van der Waals surface area contributed by atoms with Crippen molar-refractivity contribution in [3.05, 3.63) is 22.3 Å². The number of rotatable bonds is 5. The number of aryl methyl sites for hydroxylation is 1. The number of hydrogen-bond donors (Lipinski definition) is 1. The highest BCUT2D eigenvalue weighted by Gasteiger charge is 2.07. The number of halogens is 1. The second-order valence-corrected chi connectivity index (χ2v) is 4.29. The fraction of sp³-hybridized carbons (Fsp3) is 0.545. The van der Waals surface area contributed by atoms with Gasteiger partial charge in [-0.05, 0) is 48.3 Å². The van der Waals surface area contributed by atoms with E-state index >= 15 is 0 Å². The molecule has 0 bridgehead atoms. The molecule has 1 heterocycles. The molecule has 1 unspecified atom stereocenters. The van der Waals surface area contributed by atoms with E-state index < -0.39 is 0 Å². The quantitative estimate of drug-likeness (QED) is 0.895. The summed E-state index contributed by atoms with van der Waals surface area (Å²) in [4.78, 5) is 4.27. The van der Waals surface area contributed by atoms with Gasteiger partial charge in [-0.2, -0.15) is 0 Å². The molecule has 1 rings (SSSR count). The van der Waals surface area contributed by atoms with Crippen molar-refractivity contribution in [3.63, 3.8) is 0 Å². The van der Waals surface area contributed by atoms with Gasteiger partial charge in [-0.1, -0.05) is 0 Å². The van der Waals surface area contributed by atoms with Gasteiger partial charge in [-0.15, -0.1) is 0 Å². The Morgan fingerprint density at radius 3 is 3.00 bits per heavy atom. The monoisotopic (exact) mass is 272 g/mol. The van der Waals surface area contributed by atoms with Crippen molar-refractivity contribution in [1.29, 1.82) is 0 Å². The summed E-state index contributed by atoms with van der Waals surface area (Å²) in [6.07, 6.45) is 1.80. The van der Waals surface area contributed by atoms with E-state index in [-0.39, 0.29) is 6.04 Å². The Kier molecular flexibility index (Phi) is 5.05. The molecule has 1 aromatic rings. The molecule has 84 valence electrons. The molecule has 0 aliphatic rings. The first-order valence-corrected chi connectivity index (χ1v) is 5.89. The van der Waals surface area contributed by atoms with Gasteiger partial charge in [-0.3, -0.25) is 0 Å². The Morgan fingerprint density at radius 2 is 2.33 bits per heavy atom. The van der Waals surface area contributed by atoms with Gasteiger partial charge in [-0.25, -0.2) is 4.98 Å². The van der Waals surface area contributed by atoms with E-state index in [9.17, 15) is 0 Å². The van der Waals surface area contributed by atoms with Crippen molar-refractivity contribution < 1.29 is 4.74 Å². The molecular formula is C11H17BrN2O. The Hall–Kier alpha value is -0.610. The maximum absolute atomic E-state index is 5.33. The molecule has 3 nitrogen and oxygen atoms in total. The summed E-state index contributed by atoms with van der Waals surface area (Å²) in [5, 5.41) is 3.30. The van der Waals surface area contributed by atoms with E-state index in [1.165, 1.54) is 5.56 Å². The molecule has 15 heavy (non-hydrogen) atoms. The first-order chi connectivity index (χ1) is 7.15. The predicted octanol–water partition coefficient (Wildman–Crippen LogP) is 2.99. The average Bonchev–Trinajstić information content (AvgIpc) is 2.22. The molecule has 0 amide bonds. The largest absolute Gasteiger partial charge is 0.380 e. The van der Waals surface area contributed by atoms with Crippen LogP contribution in [0.15, 0.2) is 16.7 Å². The molecule has 1 aromatic heterocycles. The van der Waals surface area contributed by atoms with Crippen molar-refractivity contribution in [3.8, 4) is 0 Å². The number of hydrogen-bond acceptors (Lipinski definition) is 3. The zero-order valence-electron chi connectivity index (χ0n) is 9.38. The standard InChI is InChI=1S/C11H17BrN2O/c1-4-15-7-9(3)14-11-10(12)8(2)5-6-13-11/h5-6,9H,4,7H2,1-3H3,(H,13,14). The van der Waals surface area contributed by atoms with Crippen molar-refractivity contribution in [1.82, 2.24) is 4.98 Å². The molecule has 0 fully saturated rings. The minimum atomic E-state index is 0.260. The van der Waals surface area contributed by atoms with Crippen LogP contribution < -0.4 is 5.32 Å². The van der Waals surface area contributed by atoms with Crippen LogP contribution in [0.2, 0.25) is 0 Å². The van der Waals surface area contributed by atoms with Crippen LogP contribution in [0.3, 0.4) is 0 Å². The maximum Gasteiger partial charge on any atom is 0.140 e. The first-order valence-electron chi connectivity index (χ1n) is 5.10. The van der Waals surface area contributed by atoms with Gasteiger partial charge >= 0.3 is 0 Å². The van der Waals surface area contributed by atoms with Crippen molar-refractivity contribution in [2.45, 2.75) is 26.8 Å². The fourth-order valence-electron chi connectivity index (χ4n) is 1.21. The fourth-order valence-corrected chi connectivity index (χ4v) is 1.56. The number of nitrogens with zero attached hydrogens (tertiary/aromatic N) is 1. The first kappa shape index (κ1) is 12.5. The lowest BCUT2D eigenvalue weighted by molar-refractivity contribution is 0.141. The van der Waals surface area contributed by atoms with E-state index in [1.54, 1.807) is 6.20 Å². The minimum Gasteiger partial charge on any atom is -0.380 e. The topological polar surface area (TPSA) is 34.1 Å². The minimum absolute atomic E-state index is 0.260. The molecule has 0 saturated heterocycles. The third-order valence-electron chi connectivity index (χ3n) is 2.04. The van der Waals surface area contributed by atoms with Crippen molar-refractivity contribution in [2.75, 3.05) is 18.5 Å². The van der Waals surface area contributed by atoms with Gasteiger partial charge < -0.3 is 10.1 Å². The highest BCUT2D eigenvalue weighted by atomic mass is 79.9. The Morgan fingerprint density at radius 1 is 1.60 bits per heavy atom. The summed E-state index contributed by atoms with van der Waals surface area (Å²) in [6.45, 7) is 7.55. The number of ether oxygens (including phenoxy) is 1. The van der Waals surface area contributed by atoms with E-state index in [1.807, 2.05) is 19.9 Å². The van der Waals surface area contributed by atoms with Gasteiger partial charge in [0.15, 0.2) is 0 Å². The predicted molar refractivity (Wildman–Crippen MR) is 66.3 cm³/mol. The Balaban J connectivity index is 2.60. The van der Waals surface area contributed by atoms with Gasteiger partial charge in [0.05, 0.1) is 11.1 Å². The van der Waals surface area contributed by atoms with Crippen molar-refractivity contribution in [2.24, 2.45) is 0 Å². The third-order valence-corrected chi connectivity index (χ3v) is 3.04. The van der Waals surface area contributed by atoms with Gasteiger partial charge in [0, 0.05) is 18.8 Å². The van der Waals surface area contributed by atoms with Crippen LogP contribution in [0.1, 0.15) is 19.4 Å².